The first kappa shape index (κ1) is 24.6. The molecule has 0 bridgehead atoms. The molecule has 0 fully saturated rings. The summed E-state index contributed by atoms with van der Waals surface area (Å²) in [6.07, 6.45) is -4.33. The number of aromatic nitrogens is 1. The third kappa shape index (κ3) is 6.50. The van der Waals surface area contributed by atoms with Crippen molar-refractivity contribution in [3.05, 3.63) is 65.1 Å². The molecule has 1 amide bonds. The van der Waals surface area contributed by atoms with Crippen LogP contribution < -0.4 is 16.4 Å². The zero-order chi connectivity index (χ0) is 24.4. The van der Waals surface area contributed by atoms with E-state index in [1.165, 1.54) is 18.2 Å². The zero-order valence-electron chi connectivity index (χ0n) is 17.8. The number of anilines is 2. The summed E-state index contributed by atoms with van der Waals surface area (Å²) in [6.45, 7) is 1.83. The summed E-state index contributed by atoms with van der Waals surface area (Å²) in [5, 5.41) is 15.6. The summed E-state index contributed by atoms with van der Waals surface area (Å²) in [7, 11) is 0. The number of pyridine rings is 1. The number of nitrogens with two attached hydrogens (primary N) is 1. The Labute approximate surface area is 191 Å². The average molecular weight is 483 g/mol. The van der Waals surface area contributed by atoms with Gasteiger partial charge in [-0.15, -0.1) is 11.3 Å². The molecule has 0 spiro atoms. The number of alkyl halides is 3. The molecule has 0 aliphatic rings. The van der Waals surface area contributed by atoms with Gasteiger partial charge in [-0.2, -0.15) is 13.2 Å². The summed E-state index contributed by atoms with van der Waals surface area (Å²) >= 11 is 1.07. The van der Waals surface area contributed by atoms with Crippen LogP contribution in [0.4, 0.5) is 28.4 Å². The maximum atomic E-state index is 14.7. The van der Waals surface area contributed by atoms with Gasteiger partial charge in [0.15, 0.2) is 0 Å². The minimum atomic E-state index is -4.33. The highest BCUT2D eigenvalue weighted by Gasteiger charge is 2.26. The lowest BCUT2D eigenvalue weighted by Gasteiger charge is -2.18. The molecule has 0 aliphatic carbocycles. The van der Waals surface area contributed by atoms with Crippen LogP contribution in [0.15, 0.2) is 42.5 Å². The molecule has 0 atom stereocenters. The van der Waals surface area contributed by atoms with Crippen molar-refractivity contribution in [1.29, 1.82) is 0 Å². The van der Waals surface area contributed by atoms with Gasteiger partial charge in [-0.05, 0) is 43.7 Å². The van der Waals surface area contributed by atoms with Crippen molar-refractivity contribution >= 4 is 28.1 Å². The topological polar surface area (TPSA) is 100 Å². The molecule has 1 aromatic carbocycles. The molecule has 3 aromatic rings. The van der Waals surface area contributed by atoms with Crippen LogP contribution in [-0.2, 0) is 12.1 Å². The Morgan fingerprint density at radius 1 is 1.18 bits per heavy atom. The van der Waals surface area contributed by atoms with E-state index in [9.17, 15) is 27.5 Å². The van der Waals surface area contributed by atoms with Gasteiger partial charge in [-0.3, -0.25) is 4.79 Å². The van der Waals surface area contributed by atoms with Crippen molar-refractivity contribution in [3.63, 3.8) is 0 Å². The molecule has 6 nitrogen and oxygen atoms in total. The molecule has 0 radical (unpaired) electrons. The first-order valence-electron chi connectivity index (χ1n) is 9.80. The molecule has 5 N–H and O–H groups in total. The van der Waals surface area contributed by atoms with Crippen LogP contribution in [0.1, 0.15) is 35.5 Å². The van der Waals surface area contributed by atoms with Crippen molar-refractivity contribution in [1.82, 2.24) is 10.3 Å². The van der Waals surface area contributed by atoms with E-state index in [-0.39, 0.29) is 23.5 Å². The predicted molar refractivity (Wildman–Crippen MR) is 119 cm³/mol. The summed E-state index contributed by atoms with van der Waals surface area (Å²) in [4.78, 5) is 16.6. The van der Waals surface area contributed by atoms with Crippen molar-refractivity contribution < 1.29 is 27.5 Å². The lowest BCUT2D eigenvalue weighted by atomic mass is 9.96. The normalized spacial score (nSPS) is 12.1. The molecular formula is C22H22F4N4O2S. The van der Waals surface area contributed by atoms with Crippen molar-refractivity contribution in [2.75, 3.05) is 11.9 Å². The predicted octanol–water partition coefficient (Wildman–Crippen LogP) is 4.67. The second-order valence-corrected chi connectivity index (χ2v) is 8.88. The van der Waals surface area contributed by atoms with Crippen molar-refractivity contribution in [2.45, 2.75) is 32.2 Å². The largest absolute Gasteiger partial charge is 0.401 e. The lowest BCUT2D eigenvalue weighted by Crippen LogP contribution is -2.28. The number of thiophene rings is 1. The van der Waals surface area contributed by atoms with E-state index in [0.717, 1.165) is 11.3 Å². The lowest BCUT2D eigenvalue weighted by molar-refractivity contribution is -0.125. The molecule has 0 unspecified atom stereocenters. The molecule has 0 aliphatic heterocycles. The third-order valence-corrected chi connectivity index (χ3v) is 5.70. The summed E-state index contributed by atoms with van der Waals surface area (Å²) in [6, 6.07) is 10.5. The SMILES string of the molecule is CC(C)(O)c1ccc(-c2cc(C(N)=O)c(Nc3cccc(CNCC(F)(F)F)n3)s2)c(F)c1. The molecule has 0 saturated carbocycles. The van der Waals surface area contributed by atoms with Gasteiger partial charge in [0, 0.05) is 17.0 Å². The average Bonchev–Trinajstić information content (AvgIpc) is 3.10. The number of hydrogen-bond donors (Lipinski definition) is 4. The van der Waals surface area contributed by atoms with Gasteiger partial charge < -0.3 is 21.5 Å². The first-order valence-corrected chi connectivity index (χ1v) is 10.6. The van der Waals surface area contributed by atoms with E-state index in [0.29, 0.717) is 21.1 Å². The number of nitrogens with zero attached hydrogens (tertiary/aromatic N) is 1. The number of carbonyl (C=O) groups excluding carboxylic acids is 1. The number of benzene rings is 1. The highest BCUT2D eigenvalue weighted by molar-refractivity contribution is 7.19. The van der Waals surface area contributed by atoms with E-state index in [2.05, 4.69) is 15.6 Å². The Morgan fingerprint density at radius 3 is 2.52 bits per heavy atom. The molecule has 11 heteroatoms. The Bertz CT molecular complexity index is 1160. The van der Waals surface area contributed by atoms with Crippen LogP contribution in [0.3, 0.4) is 0 Å². The number of rotatable bonds is 8. The minimum Gasteiger partial charge on any atom is -0.386 e. The number of nitrogens with one attached hydrogen (secondary N) is 2. The van der Waals surface area contributed by atoms with Crippen molar-refractivity contribution in [2.24, 2.45) is 5.73 Å². The Balaban J connectivity index is 1.85. The van der Waals surface area contributed by atoms with Crippen molar-refractivity contribution in [3.8, 4) is 10.4 Å². The van der Waals surface area contributed by atoms with Gasteiger partial charge >= 0.3 is 6.18 Å². The minimum absolute atomic E-state index is 0.105. The summed E-state index contributed by atoms with van der Waals surface area (Å²) < 4.78 is 51.7. The van der Waals surface area contributed by atoms with Crippen LogP contribution in [0.2, 0.25) is 0 Å². The maximum absolute atomic E-state index is 14.7. The van der Waals surface area contributed by atoms with Crippen LogP contribution >= 0.6 is 11.3 Å². The number of halogens is 4. The third-order valence-electron chi connectivity index (χ3n) is 4.62. The molecule has 0 saturated heterocycles. The van der Waals surface area contributed by atoms with E-state index >= 15 is 0 Å². The number of amides is 1. The van der Waals surface area contributed by atoms with Gasteiger partial charge in [0.2, 0.25) is 0 Å². The van der Waals surface area contributed by atoms with Crippen LogP contribution in [0.25, 0.3) is 10.4 Å². The quantitative estimate of drug-likeness (QED) is 0.350. The Hall–Kier alpha value is -3.02. The fourth-order valence-corrected chi connectivity index (χ4v) is 4.09. The number of primary amides is 1. The second kappa shape index (κ2) is 9.46. The van der Waals surface area contributed by atoms with Gasteiger partial charge in [0.05, 0.1) is 23.4 Å². The number of carbonyl (C=O) groups is 1. The van der Waals surface area contributed by atoms with Crippen LogP contribution in [0, 0.1) is 5.82 Å². The zero-order valence-corrected chi connectivity index (χ0v) is 18.6. The highest BCUT2D eigenvalue weighted by Crippen LogP contribution is 2.38. The second-order valence-electron chi connectivity index (χ2n) is 7.83. The standard InChI is InChI=1S/C22H22F4N4O2S/c1-21(2,32)12-6-7-14(16(23)8-12)17-9-15(19(27)31)20(33-17)30-18-5-3-4-13(29-18)10-28-11-22(24,25)26/h3-9,28,32H,10-11H2,1-2H3,(H2,27,31)(H,29,30). The molecule has 2 aromatic heterocycles. The van der Waals surface area contributed by atoms with E-state index < -0.39 is 30.0 Å². The van der Waals surface area contributed by atoms with Gasteiger partial charge in [0.25, 0.3) is 5.91 Å². The smallest absolute Gasteiger partial charge is 0.386 e. The molecule has 33 heavy (non-hydrogen) atoms. The van der Waals surface area contributed by atoms with Gasteiger partial charge in [-0.25, -0.2) is 9.37 Å². The molecular weight excluding hydrogens is 460 g/mol. The summed E-state index contributed by atoms with van der Waals surface area (Å²) in [5.41, 5.74) is 5.35. The number of aliphatic hydroxyl groups is 1. The van der Waals surface area contributed by atoms with E-state index in [4.69, 9.17) is 5.73 Å². The monoisotopic (exact) mass is 482 g/mol. The van der Waals surface area contributed by atoms with Crippen LogP contribution in [0.5, 0.6) is 0 Å². The summed E-state index contributed by atoms with van der Waals surface area (Å²) in [5.74, 6) is -1.03. The number of hydrogen-bond acceptors (Lipinski definition) is 6. The first-order chi connectivity index (χ1) is 15.3. The molecule has 176 valence electrons. The molecule has 3 rings (SSSR count). The Morgan fingerprint density at radius 2 is 1.91 bits per heavy atom. The maximum Gasteiger partial charge on any atom is 0.401 e. The van der Waals surface area contributed by atoms with Crippen LogP contribution in [-0.4, -0.2) is 28.7 Å². The Kier molecular flexibility index (Phi) is 7.06. The fourth-order valence-electron chi connectivity index (χ4n) is 2.99. The van der Waals surface area contributed by atoms with Gasteiger partial charge in [-0.1, -0.05) is 18.2 Å². The molecule has 2 heterocycles. The van der Waals surface area contributed by atoms with Gasteiger partial charge in [0.1, 0.15) is 16.6 Å². The fraction of sp³-hybridized carbons (Fsp3) is 0.273. The van der Waals surface area contributed by atoms with E-state index in [1.54, 1.807) is 38.1 Å². The highest BCUT2D eigenvalue weighted by atomic mass is 32.1. The van der Waals surface area contributed by atoms with E-state index in [1.807, 2.05) is 0 Å².